The van der Waals surface area contributed by atoms with Crippen molar-refractivity contribution in [3.05, 3.63) is 0 Å². The van der Waals surface area contributed by atoms with E-state index in [4.69, 9.17) is 0 Å². The topological polar surface area (TPSA) is 171 Å². The third-order valence-corrected chi connectivity index (χ3v) is 13.3. The van der Waals surface area contributed by atoms with Crippen LogP contribution in [0.25, 0.3) is 0 Å². The van der Waals surface area contributed by atoms with E-state index >= 15 is 0 Å². The van der Waals surface area contributed by atoms with Gasteiger partial charge < -0.3 is 26.2 Å². The fourth-order valence-corrected chi connectivity index (χ4v) is 10.1. The van der Waals surface area contributed by atoms with E-state index in [-0.39, 0.29) is 23.6 Å². The smallest absolute Gasteiger partial charge is 0.315 e. The number of nitrogens with zero attached hydrogens (tertiary/aromatic N) is 1. The van der Waals surface area contributed by atoms with Gasteiger partial charge in [-0.15, -0.1) is 0 Å². The summed E-state index contributed by atoms with van der Waals surface area (Å²) < 4.78 is 26.1. The van der Waals surface area contributed by atoms with Crippen LogP contribution in [-0.4, -0.2) is 90.1 Å². The minimum absolute atomic E-state index is 0.00770. The van der Waals surface area contributed by atoms with E-state index in [1.165, 1.54) is 4.90 Å². The molecular formula is C35H59N5O7S. The zero-order valence-corrected chi connectivity index (χ0v) is 30.7. The summed E-state index contributed by atoms with van der Waals surface area (Å²) in [5.74, 6) is -1.95. The number of likely N-dealkylation sites (tertiary alicyclic amines) is 1. The van der Waals surface area contributed by atoms with Crippen LogP contribution in [0.4, 0.5) is 4.79 Å². The molecule has 5 atom stereocenters. The third-order valence-electron chi connectivity index (χ3n) is 10.9. The number of rotatable bonds is 13. The molecule has 4 aliphatic rings. The molecule has 0 bridgehead atoms. The van der Waals surface area contributed by atoms with Gasteiger partial charge in [0.15, 0.2) is 9.84 Å². The molecule has 4 N–H and O–H groups in total. The molecule has 2 aliphatic heterocycles. The summed E-state index contributed by atoms with van der Waals surface area (Å²) in [5.41, 5.74) is -1.63. The highest BCUT2D eigenvalue weighted by Gasteiger charge is 2.51. The molecule has 0 spiro atoms. The van der Waals surface area contributed by atoms with Crippen LogP contribution in [0.5, 0.6) is 0 Å². The van der Waals surface area contributed by atoms with Gasteiger partial charge in [0.25, 0.3) is 5.91 Å². The Labute approximate surface area is 287 Å². The molecule has 2 saturated heterocycles. The van der Waals surface area contributed by atoms with Crippen molar-refractivity contribution in [1.29, 1.82) is 0 Å². The van der Waals surface area contributed by atoms with Crippen molar-refractivity contribution in [2.75, 3.05) is 12.3 Å². The zero-order valence-electron chi connectivity index (χ0n) is 29.9. The van der Waals surface area contributed by atoms with Crippen LogP contribution in [0, 0.1) is 17.3 Å². The van der Waals surface area contributed by atoms with E-state index < -0.39 is 73.7 Å². The number of carbonyl (C=O) groups excluding carboxylic acids is 5. The fourth-order valence-electron chi connectivity index (χ4n) is 7.76. The quantitative estimate of drug-likeness (QED) is 0.214. The van der Waals surface area contributed by atoms with Crippen LogP contribution < -0.4 is 21.3 Å². The van der Waals surface area contributed by atoms with E-state index in [2.05, 4.69) is 21.3 Å². The fraction of sp³-hybridized carbons (Fsp3) is 0.857. The van der Waals surface area contributed by atoms with Gasteiger partial charge in [0.05, 0.1) is 22.6 Å². The molecule has 13 heteroatoms. The lowest BCUT2D eigenvalue weighted by atomic mass is 9.78. The van der Waals surface area contributed by atoms with Crippen molar-refractivity contribution in [3.8, 4) is 0 Å². The standard InChI is InChI=1S/C35H59N5O7S/c1-7-8-13-25(28(41)31(43)36-24-15-16-24)37-30(42)26-20-23(22(2)3)21-40(26)32(44)29(34(4,5)6)38-33(45)39-35(17-10-9-11-18-35)27-14-12-19-48(27,46)47/h22-27,29H,7-21H2,1-6H3,(H,36,43)(H,37,42)(H2,38,39,45)/t23-,25?,26+,27?,29-/m1/s1. The SMILES string of the molecule is CCCCC(NC(=O)[C@@H]1C[C@@H](C(C)C)CN1C(=O)[C@@H](NC(=O)NC1(C2CCCS2(=O)=O)CCCCC1)C(C)(C)C)C(=O)C(=O)NC1CC1. The van der Waals surface area contributed by atoms with Gasteiger partial charge >= 0.3 is 6.03 Å². The highest BCUT2D eigenvalue weighted by molar-refractivity contribution is 7.92. The number of amides is 5. The molecule has 0 aromatic carbocycles. The summed E-state index contributed by atoms with van der Waals surface area (Å²) in [6, 6.07) is -3.46. The van der Waals surface area contributed by atoms with Gasteiger partial charge in [0.1, 0.15) is 12.1 Å². The molecule has 48 heavy (non-hydrogen) atoms. The molecule has 2 saturated carbocycles. The molecule has 0 radical (unpaired) electrons. The lowest BCUT2D eigenvalue weighted by molar-refractivity contribution is -0.144. The van der Waals surface area contributed by atoms with Crippen LogP contribution >= 0.6 is 0 Å². The number of urea groups is 1. The predicted molar refractivity (Wildman–Crippen MR) is 184 cm³/mol. The average Bonchev–Trinajstić information content (AvgIpc) is 3.57. The van der Waals surface area contributed by atoms with Gasteiger partial charge in [-0.2, -0.15) is 0 Å². The van der Waals surface area contributed by atoms with Crippen LogP contribution in [0.1, 0.15) is 125 Å². The van der Waals surface area contributed by atoms with Crippen LogP contribution in [-0.2, 0) is 29.0 Å². The molecule has 2 aliphatic carbocycles. The molecule has 12 nitrogen and oxygen atoms in total. The van der Waals surface area contributed by atoms with Crippen molar-refractivity contribution in [2.45, 2.75) is 160 Å². The minimum Gasteiger partial charge on any atom is -0.347 e. The highest BCUT2D eigenvalue weighted by Crippen LogP contribution is 2.40. The maximum Gasteiger partial charge on any atom is 0.315 e. The molecule has 0 aromatic heterocycles. The first-order valence-corrected chi connectivity index (χ1v) is 20.0. The Morgan fingerprint density at radius 2 is 1.60 bits per heavy atom. The zero-order chi connectivity index (χ0) is 35.4. The monoisotopic (exact) mass is 693 g/mol. The summed E-state index contributed by atoms with van der Waals surface area (Å²) in [5, 5.41) is 10.9. The van der Waals surface area contributed by atoms with E-state index in [1.54, 1.807) is 0 Å². The van der Waals surface area contributed by atoms with Gasteiger partial charge in [-0.1, -0.05) is 73.6 Å². The number of ketones is 1. The van der Waals surface area contributed by atoms with Gasteiger partial charge in [0.2, 0.25) is 17.6 Å². The summed E-state index contributed by atoms with van der Waals surface area (Å²) in [6.45, 7) is 11.9. The van der Waals surface area contributed by atoms with Crippen molar-refractivity contribution in [3.63, 3.8) is 0 Å². The number of Topliss-reactive ketones (excluding diaryl/α,β-unsaturated/α-hetero) is 1. The van der Waals surface area contributed by atoms with E-state index in [0.717, 1.165) is 38.5 Å². The summed E-state index contributed by atoms with van der Waals surface area (Å²) in [7, 11) is -3.35. The van der Waals surface area contributed by atoms with Crippen molar-refractivity contribution >= 4 is 39.4 Å². The molecule has 5 amide bonds. The van der Waals surface area contributed by atoms with Crippen molar-refractivity contribution < 1.29 is 32.4 Å². The largest absolute Gasteiger partial charge is 0.347 e. The van der Waals surface area contributed by atoms with Crippen molar-refractivity contribution in [1.82, 2.24) is 26.2 Å². The Morgan fingerprint density at radius 1 is 0.938 bits per heavy atom. The second-order valence-electron chi connectivity index (χ2n) is 16.2. The molecule has 2 heterocycles. The summed E-state index contributed by atoms with van der Waals surface area (Å²) in [4.78, 5) is 69.5. The van der Waals surface area contributed by atoms with Crippen molar-refractivity contribution in [2.24, 2.45) is 17.3 Å². The van der Waals surface area contributed by atoms with Gasteiger partial charge in [-0.25, -0.2) is 13.2 Å². The van der Waals surface area contributed by atoms with Crippen LogP contribution in [0.3, 0.4) is 0 Å². The Hall–Kier alpha value is -2.70. The summed E-state index contributed by atoms with van der Waals surface area (Å²) in [6.07, 6.45) is 8.64. The Kier molecular flexibility index (Phi) is 12.3. The lowest BCUT2D eigenvalue weighted by Crippen LogP contribution is -2.65. The second kappa shape index (κ2) is 15.5. The number of hydrogen-bond donors (Lipinski definition) is 4. The molecule has 4 fully saturated rings. The Balaban J connectivity index is 1.54. The molecule has 2 unspecified atom stereocenters. The summed E-state index contributed by atoms with van der Waals surface area (Å²) >= 11 is 0. The predicted octanol–water partition coefficient (Wildman–Crippen LogP) is 3.38. The number of carbonyl (C=O) groups is 5. The number of unbranched alkanes of at least 4 members (excludes halogenated alkanes) is 1. The minimum atomic E-state index is -3.35. The molecule has 272 valence electrons. The van der Waals surface area contributed by atoms with E-state index in [0.29, 0.717) is 51.5 Å². The van der Waals surface area contributed by atoms with E-state index in [9.17, 15) is 32.4 Å². The third kappa shape index (κ3) is 9.09. The molecule has 4 rings (SSSR count). The van der Waals surface area contributed by atoms with Crippen LogP contribution in [0.2, 0.25) is 0 Å². The van der Waals surface area contributed by atoms with Gasteiger partial charge in [0, 0.05) is 12.6 Å². The Morgan fingerprint density at radius 3 is 2.15 bits per heavy atom. The van der Waals surface area contributed by atoms with Gasteiger partial charge in [-0.3, -0.25) is 19.2 Å². The normalized spacial score (nSPS) is 26.4. The molecule has 0 aromatic rings. The second-order valence-corrected chi connectivity index (χ2v) is 18.5. The Bertz CT molecular complexity index is 1320. The number of nitrogens with one attached hydrogen (secondary N) is 4. The van der Waals surface area contributed by atoms with Crippen LogP contribution in [0.15, 0.2) is 0 Å². The van der Waals surface area contributed by atoms with E-state index in [1.807, 2.05) is 41.5 Å². The first-order valence-electron chi connectivity index (χ1n) is 18.2. The first-order chi connectivity index (χ1) is 22.5. The first kappa shape index (κ1) is 38.1. The average molecular weight is 694 g/mol. The maximum atomic E-state index is 14.4. The maximum absolute atomic E-state index is 14.4. The highest BCUT2D eigenvalue weighted by atomic mass is 32.2. The lowest BCUT2D eigenvalue weighted by Gasteiger charge is -2.43. The molecular weight excluding hydrogens is 634 g/mol. The van der Waals surface area contributed by atoms with Gasteiger partial charge in [-0.05, 0) is 68.6 Å². The number of sulfone groups is 1. The number of hydrogen-bond acceptors (Lipinski definition) is 7.